The van der Waals surface area contributed by atoms with Crippen LogP contribution < -0.4 is 11.1 Å². The molecule has 0 bridgehead atoms. The smallest absolute Gasteiger partial charge is 0.248 e. The van der Waals surface area contributed by atoms with Crippen molar-refractivity contribution in [3.8, 4) is 0 Å². The van der Waals surface area contributed by atoms with Gasteiger partial charge in [0.2, 0.25) is 5.91 Å². The molecular formula is C14H16FN3O. The quantitative estimate of drug-likeness (QED) is 0.886. The molecule has 1 amide bonds. The zero-order valence-electron chi connectivity index (χ0n) is 10.9. The standard InChI is InChI=1S/C14H16FN3O/c1-9-12(15)5-11(14(16)19)6-13(9)17-7-10-3-4-18(2)8-10/h3-6,8,17H,7H2,1-2H3,(H2,16,19). The van der Waals surface area contributed by atoms with Crippen LogP contribution in [0.15, 0.2) is 30.6 Å². The number of benzene rings is 1. The summed E-state index contributed by atoms with van der Waals surface area (Å²) in [6.07, 6.45) is 3.90. The number of nitrogens with zero attached hydrogens (tertiary/aromatic N) is 1. The lowest BCUT2D eigenvalue weighted by Crippen LogP contribution is -2.13. The number of primary amides is 1. The maximum Gasteiger partial charge on any atom is 0.248 e. The first kappa shape index (κ1) is 13.1. The number of amides is 1. The van der Waals surface area contributed by atoms with Gasteiger partial charge in [0.05, 0.1) is 0 Å². The predicted molar refractivity (Wildman–Crippen MR) is 72.4 cm³/mol. The van der Waals surface area contributed by atoms with Crippen LogP contribution in [0.5, 0.6) is 0 Å². The molecule has 0 radical (unpaired) electrons. The van der Waals surface area contributed by atoms with Gasteiger partial charge in [0.25, 0.3) is 0 Å². The predicted octanol–water partition coefficient (Wildman–Crippen LogP) is 2.18. The molecule has 0 fully saturated rings. The van der Waals surface area contributed by atoms with Gasteiger partial charge in [-0.15, -0.1) is 0 Å². The molecule has 4 nitrogen and oxygen atoms in total. The zero-order valence-corrected chi connectivity index (χ0v) is 10.9. The number of carbonyl (C=O) groups excluding carboxylic acids is 1. The summed E-state index contributed by atoms with van der Waals surface area (Å²) in [7, 11) is 1.93. The largest absolute Gasteiger partial charge is 0.381 e. The SMILES string of the molecule is Cc1c(F)cc(C(N)=O)cc1NCc1ccn(C)c1. The van der Waals surface area contributed by atoms with Crippen LogP contribution in [-0.4, -0.2) is 10.5 Å². The van der Waals surface area contributed by atoms with Crippen LogP contribution in [0.3, 0.4) is 0 Å². The lowest BCUT2D eigenvalue weighted by atomic mass is 10.1. The first-order valence-electron chi connectivity index (χ1n) is 5.92. The van der Waals surface area contributed by atoms with E-state index in [1.54, 1.807) is 13.0 Å². The fourth-order valence-electron chi connectivity index (χ4n) is 1.87. The number of carbonyl (C=O) groups is 1. The van der Waals surface area contributed by atoms with Crippen molar-refractivity contribution in [3.05, 3.63) is 53.1 Å². The number of rotatable bonds is 4. The molecule has 2 rings (SSSR count). The Morgan fingerprint density at radius 2 is 2.21 bits per heavy atom. The van der Waals surface area contributed by atoms with Crippen LogP contribution in [0.1, 0.15) is 21.5 Å². The summed E-state index contributed by atoms with van der Waals surface area (Å²) < 4.78 is 15.6. The van der Waals surface area contributed by atoms with Gasteiger partial charge in [0.15, 0.2) is 0 Å². The van der Waals surface area contributed by atoms with Gasteiger partial charge in [-0.05, 0) is 30.7 Å². The Kier molecular flexibility index (Phi) is 3.55. The number of halogens is 1. The van der Waals surface area contributed by atoms with E-state index in [1.165, 1.54) is 0 Å². The number of hydrogen-bond donors (Lipinski definition) is 2. The third-order valence-corrected chi connectivity index (χ3v) is 3.01. The van der Waals surface area contributed by atoms with Crippen molar-refractivity contribution < 1.29 is 9.18 Å². The second-order valence-electron chi connectivity index (χ2n) is 4.53. The van der Waals surface area contributed by atoms with E-state index in [0.717, 1.165) is 11.6 Å². The molecule has 0 atom stereocenters. The zero-order chi connectivity index (χ0) is 14.0. The second kappa shape index (κ2) is 5.14. The number of anilines is 1. The molecule has 2 aromatic rings. The average Bonchev–Trinajstić information content (AvgIpc) is 2.76. The van der Waals surface area contributed by atoms with Crippen LogP contribution in [0.4, 0.5) is 10.1 Å². The Bertz CT molecular complexity index is 619. The maximum atomic E-state index is 13.7. The minimum absolute atomic E-state index is 0.165. The van der Waals surface area contributed by atoms with Gasteiger partial charge in [-0.25, -0.2) is 4.39 Å². The molecule has 3 N–H and O–H groups in total. The molecule has 1 aromatic carbocycles. The molecule has 0 aliphatic carbocycles. The van der Waals surface area contributed by atoms with Gasteiger partial charge < -0.3 is 15.6 Å². The molecule has 0 aliphatic rings. The van der Waals surface area contributed by atoms with E-state index >= 15 is 0 Å². The van der Waals surface area contributed by atoms with Crippen LogP contribution in [-0.2, 0) is 13.6 Å². The van der Waals surface area contributed by atoms with E-state index < -0.39 is 11.7 Å². The van der Waals surface area contributed by atoms with Crippen LogP contribution in [0.2, 0.25) is 0 Å². The summed E-state index contributed by atoms with van der Waals surface area (Å²) in [6, 6.07) is 4.70. The molecule has 0 aliphatic heterocycles. The monoisotopic (exact) mass is 261 g/mol. The number of hydrogen-bond acceptors (Lipinski definition) is 2. The Labute approximate surface area is 111 Å². The molecule has 0 saturated carbocycles. The number of aryl methyl sites for hydroxylation is 1. The average molecular weight is 261 g/mol. The molecule has 0 saturated heterocycles. The van der Waals surface area contributed by atoms with Gasteiger partial charge >= 0.3 is 0 Å². The Hall–Kier alpha value is -2.30. The Morgan fingerprint density at radius 3 is 2.79 bits per heavy atom. The highest BCUT2D eigenvalue weighted by atomic mass is 19.1. The first-order valence-corrected chi connectivity index (χ1v) is 5.92. The van der Waals surface area contributed by atoms with E-state index in [4.69, 9.17) is 5.73 Å². The van der Waals surface area contributed by atoms with Crippen molar-refractivity contribution in [2.75, 3.05) is 5.32 Å². The highest BCUT2D eigenvalue weighted by Gasteiger charge is 2.10. The van der Waals surface area contributed by atoms with Crippen LogP contribution in [0, 0.1) is 12.7 Å². The molecule has 100 valence electrons. The summed E-state index contributed by atoms with van der Waals surface area (Å²) in [5.41, 5.74) is 7.47. The summed E-state index contributed by atoms with van der Waals surface area (Å²) >= 11 is 0. The Balaban J connectivity index is 2.21. The summed E-state index contributed by atoms with van der Waals surface area (Å²) in [4.78, 5) is 11.1. The highest BCUT2D eigenvalue weighted by molar-refractivity contribution is 5.94. The summed E-state index contributed by atoms with van der Waals surface area (Å²) in [5, 5.41) is 3.12. The van der Waals surface area contributed by atoms with E-state index in [9.17, 15) is 9.18 Å². The topological polar surface area (TPSA) is 60.1 Å². The molecular weight excluding hydrogens is 245 g/mol. The fourth-order valence-corrected chi connectivity index (χ4v) is 1.87. The van der Waals surface area contributed by atoms with Crippen molar-refractivity contribution in [1.29, 1.82) is 0 Å². The molecule has 0 unspecified atom stereocenters. The van der Waals surface area contributed by atoms with Gasteiger partial charge in [0.1, 0.15) is 5.82 Å². The van der Waals surface area contributed by atoms with Crippen molar-refractivity contribution in [2.24, 2.45) is 12.8 Å². The minimum atomic E-state index is -0.637. The Morgan fingerprint density at radius 1 is 1.47 bits per heavy atom. The lowest BCUT2D eigenvalue weighted by molar-refractivity contribution is 0.1000. The third-order valence-electron chi connectivity index (χ3n) is 3.01. The first-order chi connectivity index (χ1) is 8.97. The van der Waals surface area contributed by atoms with Crippen molar-refractivity contribution in [1.82, 2.24) is 4.57 Å². The highest BCUT2D eigenvalue weighted by Crippen LogP contribution is 2.21. The molecule has 5 heteroatoms. The van der Waals surface area contributed by atoms with Crippen molar-refractivity contribution in [3.63, 3.8) is 0 Å². The van der Waals surface area contributed by atoms with E-state index in [-0.39, 0.29) is 5.56 Å². The fraction of sp³-hybridized carbons (Fsp3) is 0.214. The molecule has 1 heterocycles. The van der Waals surface area contributed by atoms with Crippen molar-refractivity contribution >= 4 is 11.6 Å². The number of nitrogens with one attached hydrogen (secondary N) is 1. The van der Waals surface area contributed by atoms with E-state index in [2.05, 4.69) is 5.32 Å². The second-order valence-corrected chi connectivity index (χ2v) is 4.53. The number of nitrogens with two attached hydrogens (primary N) is 1. The molecule has 1 aromatic heterocycles. The summed E-state index contributed by atoms with van der Waals surface area (Å²) in [5.74, 6) is -1.08. The van der Waals surface area contributed by atoms with Gasteiger partial charge in [-0.2, -0.15) is 0 Å². The van der Waals surface area contributed by atoms with Crippen LogP contribution in [0.25, 0.3) is 0 Å². The summed E-state index contributed by atoms with van der Waals surface area (Å²) in [6.45, 7) is 2.22. The van der Waals surface area contributed by atoms with E-state index in [0.29, 0.717) is 17.8 Å². The van der Waals surface area contributed by atoms with Gasteiger partial charge in [-0.3, -0.25) is 4.79 Å². The lowest BCUT2D eigenvalue weighted by Gasteiger charge is -2.11. The minimum Gasteiger partial charge on any atom is -0.381 e. The van der Waals surface area contributed by atoms with Gasteiger partial charge in [0, 0.05) is 42.8 Å². The molecule has 19 heavy (non-hydrogen) atoms. The normalized spacial score (nSPS) is 10.5. The maximum absolute atomic E-state index is 13.7. The van der Waals surface area contributed by atoms with Gasteiger partial charge in [-0.1, -0.05) is 0 Å². The third kappa shape index (κ3) is 2.93. The van der Waals surface area contributed by atoms with E-state index in [1.807, 2.05) is 30.1 Å². The van der Waals surface area contributed by atoms with Crippen LogP contribution >= 0.6 is 0 Å². The van der Waals surface area contributed by atoms with Crippen molar-refractivity contribution in [2.45, 2.75) is 13.5 Å². The number of aromatic nitrogens is 1. The molecule has 0 spiro atoms.